The van der Waals surface area contributed by atoms with Crippen molar-refractivity contribution in [2.45, 2.75) is 24.3 Å². The molecule has 0 amide bonds. The smallest absolute Gasteiger partial charge is 0.346 e. The van der Waals surface area contributed by atoms with Crippen molar-refractivity contribution in [3.8, 4) is 17.3 Å². The molecule has 0 bridgehead atoms. The van der Waals surface area contributed by atoms with E-state index in [0.717, 1.165) is 35.4 Å². The van der Waals surface area contributed by atoms with Crippen LogP contribution in [0, 0.1) is 11.3 Å². The highest BCUT2D eigenvalue weighted by Gasteiger charge is 2.54. The van der Waals surface area contributed by atoms with Crippen LogP contribution in [0.2, 0.25) is 0 Å². The quantitative estimate of drug-likeness (QED) is 0.439. The standard InChI is InChI=1S/C14H13N7.C4F6O2/c15-3-2-14(7-16-8-14)21-6-10(5-20-21)12-11-1-4-17-13(11)19-9-18-12;5-3(6,7)1(11)2(12)4(8,9)10/h1,4-6,9,16H,2,7-8H2,(H,17,18,19);. The van der Waals surface area contributed by atoms with Gasteiger partial charge in [-0.2, -0.15) is 36.7 Å². The third kappa shape index (κ3) is 4.85. The number of Topliss-reactive ketones (excluding diaryl/α,β-unsaturated/α-hetero) is 2. The third-order valence-electron chi connectivity index (χ3n) is 4.73. The number of hydrogen-bond acceptors (Lipinski definition) is 7. The minimum atomic E-state index is -5.77. The second-order valence-electron chi connectivity index (χ2n) is 6.95. The van der Waals surface area contributed by atoms with E-state index in [-0.39, 0.29) is 5.54 Å². The Morgan fingerprint density at radius 1 is 1.12 bits per heavy atom. The Morgan fingerprint density at radius 3 is 2.27 bits per heavy atom. The lowest BCUT2D eigenvalue weighted by Gasteiger charge is -2.41. The molecule has 2 N–H and O–H groups in total. The minimum Gasteiger partial charge on any atom is -0.346 e. The summed E-state index contributed by atoms with van der Waals surface area (Å²) < 4.78 is 68.8. The number of ketones is 2. The van der Waals surface area contributed by atoms with E-state index in [9.17, 15) is 35.9 Å². The van der Waals surface area contributed by atoms with Gasteiger partial charge in [0.05, 0.1) is 24.4 Å². The van der Waals surface area contributed by atoms with Crippen molar-refractivity contribution in [3.63, 3.8) is 0 Å². The predicted octanol–water partition coefficient (Wildman–Crippen LogP) is 2.28. The summed E-state index contributed by atoms with van der Waals surface area (Å²) in [5.41, 5.74) is 2.38. The average Bonchev–Trinajstić information content (AvgIpc) is 3.38. The average molecular weight is 473 g/mol. The summed E-state index contributed by atoms with van der Waals surface area (Å²) in [7, 11) is 0. The van der Waals surface area contributed by atoms with Gasteiger partial charge in [0.1, 0.15) is 17.5 Å². The van der Waals surface area contributed by atoms with Gasteiger partial charge in [-0.15, -0.1) is 0 Å². The van der Waals surface area contributed by atoms with Crippen LogP contribution in [0.3, 0.4) is 0 Å². The highest BCUT2D eigenvalue weighted by molar-refractivity contribution is 6.41. The molecule has 0 radical (unpaired) electrons. The first-order valence-corrected chi connectivity index (χ1v) is 9.03. The van der Waals surface area contributed by atoms with E-state index < -0.39 is 23.9 Å². The van der Waals surface area contributed by atoms with Crippen LogP contribution in [0.4, 0.5) is 26.3 Å². The predicted molar refractivity (Wildman–Crippen MR) is 98.3 cm³/mol. The number of aromatic nitrogens is 5. The number of rotatable bonds is 4. The number of nitrogens with zero attached hydrogens (tertiary/aromatic N) is 5. The summed E-state index contributed by atoms with van der Waals surface area (Å²) in [6, 6.07) is 4.21. The number of nitrogens with one attached hydrogen (secondary N) is 2. The molecule has 0 aromatic carbocycles. The van der Waals surface area contributed by atoms with Crippen molar-refractivity contribution in [3.05, 3.63) is 31.0 Å². The van der Waals surface area contributed by atoms with E-state index in [2.05, 4.69) is 31.4 Å². The molecule has 33 heavy (non-hydrogen) atoms. The molecule has 174 valence electrons. The Hall–Kier alpha value is -3.80. The number of hydrogen-bond donors (Lipinski definition) is 2. The SMILES string of the molecule is N#CCC1(n2cc(-c3ncnc4[nH]ccc34)cn2)CNC1.O=C(C(=O)C(F)(F)F)C(F)(F)F. The Kier molecular flexibility index (Phi) is 6.23. The van der Waals surface area contributed by atoms with Gasteiger partial charge in [-0.1, -0.05) is 0 Å². The normalized spacial score (nSPS) is 15.2. The maximum Gasteiger partial charge on any atom is 0.458 e. The third-order valence-corrected chi connectivity index (χ3v) is 4.73. The van der Waals surface area contributed by atoms with Crippen molar-refractivity contribution >= 4 is 22.6 Å². The maximum atomic E-state index is 11.2. The molecule has 1 aliphatic rings. The number of carbonyl (C=O) groups is 2. The van der Waals surface area contributed by atoms with Crippen molar-refractivity contribution in [1.82, 2.24) is 30.0 Å². The lowest BCUT2D eigenvalue weighted by molar-refractivity contribution is -0.193. The van der Waals surface area contributed by atoms with Crippen LogP contribution in [0.15, 0.2) is 31.0 Å². The summed E-state index contributed by atoms with van der Waals surface area (Å²) in [4.78, 5) is 30.9. The highest BCUT2D eigenvalue weighted by atomic mass is 19.4. The van der Waals surface area contributed by atoms with Gasteiger partial charge in [0, 0.05) is 36.4 Å². The zero-order valence-corrected chi connectivity index (χ0v) is 16.3. The number of H-pyrrole nitrogens is 1. The van der Waals surface area contributed by atoms with Gasteiger partial charge in [-0.3, -0.25) is 14.3 Å². The first kappa shape index (κ1) is 23.9. The molecular formula is C18H13F6N7O2. The zero-order chi connectivity index (χ0) is 24.4. The number of halogens is 6. The monoisotopic (exact) mass is 473 g/mol. The van der Waals surface area contributed by atoms with Crippen LogP contribution in [0.5, 0.6) is 0 Å². The molecule has 4 rings (SSSR count). The maximum absolute atomic E-state index is 11.2. The molecule has 0 aliphatic carbocycles. The minimum absolute atomic E-state index is 0.225. The number of carbonyl (C=O) groups excluding carboxylic acids is 2. The van der Waals surface area contributed by atoms with Crippen molar-refractivity contribution < 1.29 is 35.9 Å². The van der Waals surface area contributed by atoms with Crippen LogP contribution < -0.4 is 5.32 Å². The molecule has 0 saturated carbocycles. The summed E-state index contributed by atoms with van der Waals surface area (Å²) in [6.07, 6.45) is -3.94. The topological polar surface area (TPSA) is 129 Å². The molecule has 0 atom stereocenters. The molecule has 9 nitrogen and oxygen atoms in total. The molecule has 0 spiro atoms. The van der Waals surface area contributed by atoms with E-state index in [1.807, 2.05) is 23.1 Å². The second kappa shape index (κ2) is 8.62. The molecular weight excluding hydrogens is 460 g/mol. The lowest BCUT2D eigenvalue weighted by atomic mass is 9.89. The van der Waals surface area contributed by atoms with Crippen LogP contribution in [-0.2, 0) is 15.1 Å². The van der Waals surface area contributed by atoms with E-state index >= 15 is 0 Å². The summed E-state index contributed by atoms with van der Waals surface area (Å²) in [5.74, 6) is -6.81. The van der Waals surface area contributed by atoms with Gasteiger partial charge >= 0.3 is 23.9 Å². The molecule has 3 aromatic heterocycles. The lowest BCUT2D eigenvalue weighted by Crippen LogP contribution is -2.60. The van der Waals surface area contributed by atoms with Gasteiger partial charge in [0.15, 0.2) is 0 Å². The van der Waals surface area contributed by atoms with Crippen molar-refractivity contribution in [2.24, 2.45) is 0 Å². The number of nitriles is 1. The molecule has 1 saturated heterocycles. The van der Waals surface area contributed by atoms with E-state index in [4.69, 9.17) is 5.26 Å². The van der Waals surface area contributed by atoms with Crippen LogP contribution >= 0.6 is 0 Å². The fourth-order valence-corrected chi connectivity index (χ4v) is 2.99. The van der Waals surface area contributed by atoms with Gasteiger partial charge in [0.2, 0.25) is 0 Å². The Bertz CT molecular complexity index is 1190. The Balaban J connectivity index is 0.000000221. The number of fused-ring (bicyclic) bond motifs is 1. The molecule has 0 unspecified atom stereocenters. The van der Waals surface area contributed by atoms with Gasteiger partial charge < -0.3 is 10.3 Å². The number of alkyl halides is 6. The summed E-state index contributed by atoms with van der Waals surface area (Å²) in [6.45, 7) is 1.54. The van der Waals surface area contributed by atoms with Gasteiger partial charge in [-0.05, 0) is 6.07 Å². The molecule has 15 heteroatoms. The molecule has 1 aliphatic heterocycles. The first-order chi connectivity index (χ1) is 15.4. The summed E-state index contributed by atoms with van der Waals surface area (Å²) in [5, 5.41) is 17.7. The fraction of sp³-hybridized carbons (Fsp3) is 0.333. The van der Waals surface area contributed by atoms with Gasteiger partial charge in [0.25, 0.3) is 0 Å². The van der Waals surface area contributed by atoms with E-state index in [1.165, 1.54) is 0 Å². The fourth-order valence-electron chi connectivity index (χ4n) is 2.99. The van der Waals surface area contributed by atoms with Crippen LogP contribution in [-0.4, -0.2) is 61.7 Å². The van der Waals surface area contributed by atoms with Crippen molar-refractivity contribution in [1.29, 1.82) is 5.26 Å². The van der Waals surface area contributed by atoms with E-state index in [1.54, 1.807) is 12.5 Å². The molecule has 4 heterocycles. The Labute approximate surface area is 180 Å². The molecule has 1 fully saturated rings. The largest absolute Gasteiger partial charge is 0.458 e. The van der Waals surface area contributed by atoms with Crippen molar-refractivity contribution in [2.75, 3.05) is 13.1 Å². The second-order valence-corrected chi connectivity index (χ2v) is 6.95. The first-order valence-electron chi connectivity index (χ1n) is 9.03. The number of aromatic amines is 1. The van der Waals surface area contributed by atoms with E-state index in [0.29, 0.717) is 6.42 Å². The molecule has 3 aromatic rings. The van der Waals surface area contributed by atoms with Crippen LogP contribution in [0.1, 0.15) is 6.42 Å². The van der Waals surface area contributed by atoms with Crippen LogP contribution in [0.25, 0.3) is 22.3 Å². The zero-order valence-electron chi connectivity index (χ0n) is 16.3. The summed E-state index contributed by atoms with van der Waals surface area (Å²) >= 11 is 0. The highest BCUT2D eigenvalue weighted by Crippen LogP contribution is 2.29. The van der Waals surface area contributed by atoms with Gasteiger partial charge in [-0.25, -0.2) is 9.97 Å². The Morgan fingerprint density at radius 2 is 1.76 bits per heavy atom.